The number of aliphatic hydroxyl groups excluding tert-OH is 1. The van der Waals surface area contributed by atoms with E-state index in [4.69, 9.17) is 11.6 Å². The van der Waals surface area contributed by atoms with Gasteiger partial charge in [-0.15, -0.1) is 0 Å². The number of urea groups is 1. The molecule has 3 aromatic rings. The summed E-state index contributed by atoms with van der Waals surface area (Å²) in [4.78, 5) is 44.5. The molecule has 7 rings (SSSR count). The van der Waals surface area contributed by atoms with E-state index in [0.717, 1.165) is 19.3 Å². The average molecular weight is 690 g/mol. The molecule has 0 radical (unpaired) electrons. The second kappa shape index (κ2) is 12.4. The number of nitrogens with zero attached hydrogens (tertiary/aromatic N) is 5. The van der Waals surface area contributed by atoms with Gasteiger partial charge in [0.25, 0.3) is 11.8 Å². The van der Waals surface area contributed by atoms with Gasteiger partial charge in [-0.1, -0.05) is 18.0 Å². The van der Waals surface area contributed by atoms with E-state index in [1.165, 1.54) is 46.9 Å². The summed E-state index contributed by atoms with van der Waals surface area (Å²) in [5, 5.41) is 25.3. The Hall–Kier alpha value is -4.15. The third kappa shape index (κ3) is 6.23. The summed E-state index contributed by atoms with van der Waals surface area (Å²) in [6.07, 6.45) is 0.222. The number of hydrogen-bond acceptors (Lipinski definition) is 7. The SMILES string of the molecule is Cn1c(-c2cn(CC3CCC3)nc2C(F)(F)F)cnc1C(=O)Nc1ccc(C(=O)N[C@H]2[C@@H]3CN(C(=O)N[C@@H]4CNC[C@H]4O)C[C@@H]32)c(Cl)c1. The number of benzene rings is 1. The van der Waals surface area contributed by atoms with Gasteiger partial charge in [-0.05, 0) is 37.0 Å². The lowest BCUT2D eigenvalue weighted by molar-refractivity contribution is -0.141. The number of β-amino-alcohol motifs (C(OH)–C–C–N with tert-alkyl or cyclic N) is 1. The molecule has 2 aliphatic heterocycles. The van der Waals surface area contributed by atoms with E-state index in [9.17, 15) is 32.7 Å². The molecular formula is C31H35ClF3N9O4. The summed E-state index contributed by atoms with van der Waals surface area (Å²) < 4.78 is 44.3. The van der Waals surface area contributed by atoms with Crippen LogP contribution in [-0.2, 0) is 19.8 Å². The Balaban J connectivity index is 0.957. The first-order valence-electron chi connectivity index (χ1n) is 15.9. The molecule has 2 aromatic heterocycles. The second-order valence-electron chi connectivity index (χ2n) is 13.1. The maximum absolute atomic E-state index is 13.9. The second-order valence-corrected chi connectivity index (χ2v) is 13.5. The Labute approximate surface area is 278 Å². The fourth-order valence-electron chi connectivity index (χ4n) is 6.88. The Kier molecular flexibility index (Phi) is 8.36. The molecule has 17 heteroatoms. The number of anilines is 1. The lowest BCUT2D eigenvalue weighted by Crippen LogP contribution is -2.49. The fourth-order valence-corrected chi connectivity index (χ4v) is 7.15. The van der Waals surface area contributed by atoms with Crippen molar-refractivity contribution in [2.75, 3.05) is 31.5 Å². The van der Waals surface area contributed by atoms with Crippen molar-refractivity contribution in [1.82, 2.24) is 40.2 Å². The zero-order chi connectivity index (χ0) is 33.9. The zero-order valence-electron chi connectivity index (χ0n) is 25.9. The molecule has 5 N–H and O–H groups in total. The van der Waals surface area contributed by atoms with E-state index >= 15 is 0 Å². The Morgan fingerprint density at radius 2 is 1.85 bits per heavy atom. The molecule has 0 spiro atoms. The van der Waals surface area contributed by atoms with Gasteiger partial charge in [0.2, 0.25) is 0 Å². The van der Waals surface area contributed by atoms with Crippen molar-refractivity contribution in [3.8, 4) is 11.3 Å². The molecule has 13 nitrogen and oxygen atoms in total. The smallest absolute Gasteiger partial charge is 0.390 e. The maximum Gasteiger partial charge on any atom is 0.435 e. The number of amides is 4. The predicted molar refractivity (Wildman–Crippen MR) is 167 cm³/mol. The largest absolute Gasteiger partial charge is 0.435 e. The van der Waals surface area contributed by atoms with Crippen molar-refractivity contribution < 1.29 is 32.7 Å². The van der Waals surface area contributed by atoms with Gasteiger partial charge < -0.3 is 35.8 Å². The molecule has 4 aliphatic rings. The fraction of sp³-hybridized carbons (Fsp3) is 0.516. The van der Waals surface area contributed by atoms with E-state index in [2.05, 4.69) is 31.3 Å². The van der Waals surface area contributed by atoms with Crippen LogP contribution in [0.3, 0.4) is 0 Å². The van der Waals surface area contributed by atoms with Crippen molar-refractivity contribution >= 4 is 35.1 Å². The highest BCUT2D eigenvalue weighted by molar-refractivity contribution is 6.34. The van der Waals surface area contributed by atoms with Gasteiger partial charge in [0.15, 0.2) is 11.5 Å². The van der Waals surface area contributed by atoms with Gasteiger partial charge in [-0.3, -0.25) is 14.3 Å². The maximum atomic E-state index is 13.9. The van der Waals surface area contributed by atoms with Crippen LogP contribution in [0.5, 0.6) is 0 Å². The summed E-state index contributed by atoms with van der Waals surface area (Å²) in [6.45, 7) is 2.33. The molecule has 2 aliphatic carbocycles. The molecule has 4 amide bonds. The van der Waals surface area contributed by atoms with E-state index in [0.29, 0.717) is 38.6 Å². The number of piperidine rings is 1. The molecule has 48 heavy (non-hydrogen) atoms. The Morgan fingerprint density at radius 3 is 2.48 bits per heavy atom. The minimum absolute atomic E-state index is 0.0927. The number of imidazole rings is 1. The van der Waals surface area contributed by atoms with Crippen LogP contribution in [0.1, 0.15) is 45.9 Å². The lowest BCUT2D eigenvalue weighted by Gasteiger charge is -2.24. The minimum atomic E-state index is -4.69. The number of hydrogen-bond donors (Lipinski definition) is 5. The van der Waals surface area contributed by atoms with Crippen LogP contribution in [-0.4, -0.2) is 91.6 Å². The van der Waals surface area contributed by atoms with Crippen LogP contribution in [0.25, 0.3) is 11.3 Å². The van der Waals surface area contributed by atoms with Crippen molar-refractivity contribution in [2.24, 2.45) is 24.8 Å². The predicted octanol–water partition coefficient (Wildman–Crippen LogP) is 2.71. The van der Waals surface area contributed by atoms with Crippen molar-refractivity contribution in [1.29, 1.82) is 0 Å². The Morgan fingerprint density at radius 1 is 1.10 bits per heavy atom. The van der Waals surface area contributed by atoms with Crippen LogP contribution in [0.4, 0.5) is 23.7 Å². The molecule has 2 saturated carbocycles. The molecule has 256 valence electrons. The molecule has 4 fully saturated rings. The van der Waals surface area contributed by atoms with Gasteiger partial charge >= 0.3 is 12.2 Å². The summed E-state index contributed by atoms with van der Waals surface area (Å²) in [6, 6.07) is 3.73. The lowest BCUT2D eigenvalue weighted by atomic mass is 9.85. The van der Waals surface area contributed by atoms with E-state index in [1.807, 2.05) is 0 Å². The number of fused-ring (bicyclic) bond motifs is 1. The number of rotatable bonds is 8. The number of halogens is 4. The topological polar surface area (TPSA) is 158 Å². The number of carbonyl (C=O) groups excluding carboxylic acids is 3. The molecule has 1 aromatic carbocycles. The highest BCUT2D eigenvalue weighted by Crippen LogP contribution is 2.46. The number of alkyl halides is 3. The zero-order valence-corrected chi connectivity index (χ0v) is 26.7. The monoisotopic (exact) mass is 689 g/mol. The summed E-state index contributed by atoms with van der Waals surface area (Å²) in [5.41, 5.74) is -0.631. The summed E-state index contributed by atoms with van der Waals surface area (Å²) in [5.74, 6) is -0.648. The molecule has 0 bridgehead atoms. The standard InChI is InChI=1S/C31H35ClF3N9O4/c1-42-23(20-14-44(11-15-3-2-4-15)41-26(20)31(33,34)35)9-37-27(42)29(47)38-16-5-6-17(21(32)7-16)28(46)40-25-18-12-43(13-19(18)25)30(48)39-22-8-36-10-24(22)45/h5-7,9,14-15,18-19,22,24-25,36,45H,2-4,8,10-13H2,1H3,(H,38,47)(H,39,48)(H,40,46)/t18-,19+,22-,24-,25+/m1/s1. The molecular weight excluding hydrogens is 655 g/mol. The van der Waals surface area contributed by atoms with Gasteiger partial charge in [0.05, 0.1) is 40.2 Å². The van der Waals surface area contributed by atoms with E-state index < -0.39 is 23.9 Å². The van der Waals surface area contributed by atoms with Gasteiger partial charge in [0, 0.05) is 69.5 Å². The summed E-state index contributed by atoms with van der Waals surface area (Å²) >= 11 is 6.43. The van der Waals surface area contributed by atoms with Gasteiger partial charge in [0.1, 0.15) is 0 Å². The third-order valence-corrected chi connectivity index (χ3v) is 10.2. The Bertz CT molecular complexity index is 1740. The van der Waals surface area contributed by atoms with Crippen LogP contribution in [0.15, 0.2) is 30.6 Å². The normalized spacial score (nSPS) is 25.0. The van der Waals surface area contributed by atoms with Gasteiger partial charge in [-0.2, -0.15) is 18.3 Å². The third-order valence-electron chi connectivity index (χ3n) is 9.91. The summed E-state index contributed by atoms with van der Waals surface area (Å²) in [7, 11) is 1.46. The average Bonchev–Trinajstić information content (AvgIpc) is 3.56. The molecule has 5 atom stereocenters. The number of aliphatic hydroxyl groups is 1. The quantitative estimate of drug-likeness (QED) is 0.243. The number of carbonyl (C=O) groups is 3. The van der Waals surface area contributed by atoms with Crippen molar-refractivity contribution in [2.45, 2.75) is 50.2 Å². The first-order valence-corrected chi connectivity index (χ1v) is 16.3. The van der Waals surface area contributed by atoms with Crippen LogP contribution < -0.4 is 21.3 Å². The highest BCUT2D eigenvalue weighted by Gasteiger charge is 2.57. The molecule has 0 unspecified atom stereocenters. The highest BCUT2D eigenvalue weighted by atomic mass is 35.5. The number of nitrogens with one attached hydrogen (secondary N) is 4. The first kappa shape index (κ1) is 32.4. The molecule has 2 saturated heterocycles. The minimum Gasteiger partial charge on any atom is -0.390 e. The van der Waals surface area contributed by atoms with E-state index in [1.54, 1.807) is 4.90 Å². The van der Waals surface area contributed by atoms with Gasteiger partial charge in [-0.25, -0.2) is 9.78 Å². The van der Waals surface area contributed by atoms with Crippen LogP contribution in [0.2, 0.25) is 5.02 Å². The number of likely N-dealkylation sites (tertiary alicyclic amines) is 1. The van der Waals surface area contributed by atoms with Crippen LogP contribution in [0, 0.1) is 17.8 Å². The number of aromatic nitrogens is 4. The molecule has 4 heterocycles. The van der Waals surface area contributed by atoms with E-state index in [-0.39, 0.29) is 69.2 Å². The van der Waals surface area contributed by atoms with Crippen molar-refractivity contribution in [3.05, 3.63) is 52.7 Å². The van der Waals surface area contributed by atoms with Crippen LogP contribution >= 0.6 is 11.6 Å². The first-order chi connectivity index (χ1) is 22.9. The van der Waals surface area contributed by atoms with Crippen molar-refractivity contribution in [3.63, 3.8) is 0 Å².